The monoisotopic (exact) mass is 248 g/mol. The summed E-state index contributed by atoms with van der Waals surface area (Å²) in [6, 6.07) is 0. The van der Waals surface area contributed by atoms with E-state index in [4.69, 9.17) is 4.19 Å². The standard InChI is InChI=1S/C2HF5O3Se/c3-1(4,5)2(6,7)11(8,9)10/h(H,8,9,10). The Labute approximate surface area is 58.8 Å². The topological polar surface area (TPSA) is 54.4 Å². The quantitative estimate of drug-likeness (QED) is 0.542. The molecule has 11 heavy (non-hydrogen) atoms. The predicted molar refractivity (Wildman–Crippen MR) is 20.3 cm³/mol. The zero-order valence-electron chi connectivity index (χ0n) is 4.56. The summed E-state index contributed by atoms with van der Waals surface area (Å²) in [6.45, 7) is 0. The fourth-order valence-electron chi connectivity index (χ4n) is 0.146. The minimum atomic E-state index is -7.15. The van der Waals surface area contributed by atoms with Crippen LogP contribution in [0, 0.1) is 0 Å². The van der Waals surface area contributed by atoms with Crippen LogP contribution in [-0.2, 0) is 7.67 Å². The minimum absolute atomic E-state index is 6.02. The molecule has 0 aliphatic heterocycles. The molecule has 0 aliphatic rings. The summed E-state index contributed by atoms with van der Waals surface area (Å²) in [6.07, 6.45) is -6.26. The third-order valence-corrected chi connectivity index (χ3v) is 2.50. The summed E-state index contributed by atoms with van der Waals surface area (Å²) in [5, 5.41) is 0. The molecular formula is C2HF5O3Se. The Bertz CT molecular complexity index is 237. The zero-order valence-corrected chi connectivity index (χ0v) is 6.27. The van der Waals surface area contributed by atoms with Crippen LogP contribution in [0.5, 0.6) is 0 Å². The molecule has 68 valence electrons. The first-order chi connectivity index (χ1) is 4.50. The average Bonchev–Trinajstić information content (AvgIpc) is 1.58. The van der Waals surface area contributed by atoms with Crippen LogP contribution in [0.25, 0.3) is 0 Å². The van der Waals surface area contributed by atoms with Gasteiger partial charge in [0.15, 0.2) is 0 Å². The van der Waals surface area contributed by atoms with Crippen molar-refractivity contribution in [2.24, 2.45) is 0 Å². The first-order valence-electron chi connectivity index (χ1n) is 1.91. The molecule has 1 N–H and O–H groups in total. The molecule has 0 spiro atoms. The average molecular weight is 247 g/mol. The van der Waals surface area contributed by atoms with E-state index >= 15 is 0 Å². The van der Waals surface area contributed by atoms with Gasteiger partial charge in [0, 0.05) is 0 Å². The Kier molecular flexibility index (Phi) is 2.30. The van der Waals surface area contributed by atoms with Crippen LogP contribution < -0.4 is 0 Å². The molecule has 0 aromatic carbocycles. The number of hydrogen-bond acceptors (Lipinski definition) is 2. The first kappa shape index (κ1) is 10.7. The van der Waals surface area contributed by atoms with Crippen LogP contribution in [0.15, 0.2) is 0 Å². The summed E-state index contributed by atoms with van der Waals surface area (Å²) in [5.41, 5.74) is 0. The van der Waals surface area contributed by atoms with Crippen molar-refractivity contribution in [3.05, 3.63) is 0 Å². The van der Waals surface area contributed by atoms with Gasteiger partial charge >= 0.3 is 57.8 Å². The molecule has 0 aromatic rings. The van der Waals surface area contributed by atoms with Crippen LogP contribution in [0.3, 0.4) is 0 Å². The molecule has 0 fully saturated rings. The molecule has 0 aliphatic carbocycles. The van der Waals surface area contributed by atoms with E-state index in [1.54, 1.807) is 0 Å². The maximum absolute atomic E-state index is 11.5. The molecule has 0 aromatic heterocycles. The van der Waals surface area contributed by atoms with Gasteiger partial charge in [0.25, 0.3) is 0 Å². The van der Waals surface area contributed by atoms with Crippen molar-refractivity contribution in [1.82, 2.24) is 0 Å². The molecule has 0 rings (SSSR count). The Balaban J connectivity index is 5.08. The summed E-state index contributed by atoms with van der Waals surface area (Å²) in [4.78, 5) is -6.02. The fraction of sp³-hybridized carbons (Fsp3) is 1.00. The van der Waals surface area contributed by atoms with Crippen LogP contribution in [0.2, 0.25) is 0 Å². The van der Waals surface area contributed by atoms with Crippen LogP contribution in [0.4, 0.5) is 22.0 Å². The van der Waals surface area contributed by atoms with Gasteiger partial charge in [-0.15, -0.1) is 0 Å². The van der Waals surface area contributed by atoms with E-state index in [2.05, 4.69) is 0 Å². The maximum atomic E-state index is 11.5. The molecule has 0 unspecified atom stereocenters. The second-order valence-electron chi connectivity index (χ2n) is 1.49. The molecule has 0 saturated carbocycles. The van der Waals surface area contributed by atoms with E-state index in [0.717, 1.165) is 0 Å². The third kappa shape index (κ3) is 1.85. The number of rotatable bonds is 1. The first-order valence-corrected chi connectivity index (χ1v) is 4.94. The fourth-order valence-corrected chi connectivity index (χ4v) is 0.760. The molecule has 0 heterocycles. The second kappa shape index (κ2) is 2.36. The van der Waals surface area contributed by atoms with Gasteiger partial charge in [-0.25, -0.2) is 0 Å². The van der Waals surface area contributed by atoms with Gasteiger partial charge in [-0.05, 0) is 0 Å². The van der Waals surface area contributed by atoms with E-state index in [1.165, 1.54) is 0 Å². The Morgan fingerprint density at radius 1 is 1.00 bits per heavy atom. The van der Waals surface area contributed by atoms with Crippen LogP contribution in [0.1, 0.15) is 0 Å². The Morgan fingerprint density at radius 3 is 1.27 bits per heavy atom. The number of halogens is 5. The van der Waals surface area contributed by atoms with Crippen molar-refractivity contribution in [2.75, 3.05) is 0 Å². The molecular weight excluding hydrogens is 246 g/mol. The van der Waals surface area contributed by atoms with E-state index in [-0.39, 0.29) is 0 Å². The SMILES string of the molecule is O=[Se](=O)(O)C(F)(F)C(F)(F)F. The Hall–Kier alpha value is -0.271. The van der Waals surface area contributed by atoms with Crippen LogP contribution in [-0.4, -0.2) is 28.2 Å². The van der Waals surface area contributed by atoms with Crippen molar-refractivity contribution in [2.45, 2.75) is 11.0 Å². The van der Waals surface area contributed by atoms with Gasteiger partial charge in [-0.3, -0.25) is 0 Å². The van der Waals surface area contributed by atoms with E-state index in [1.807, 2.05) is 0 Å². The van der Waals surface area contributed by atoms with Crippen molar-refractivity contribution in [1.29, 1.82) is 0 Å². The molecule has 0 amide bonds. The van der Waals surface area contributed by atoms with Gasteiger partial charge in [0.1, 0.15) is 0 Å². The van der Waals surface area contributed by atoms with Gasteiger partial charge in [-0.2, -0.15) is 0 Å². The van der Waals surface area contributed by atoms with Crippen LogP contribution >= 0.6 is 0 Å². The molecule has 0 atom stereocenters. The van der Waals surface area contributed by atoms with Gasteiger partial charge in [0.2, 0.25) is 0 Å². The Morgan fingerprint density at radius 2 is 1.27 bits per heavy atom. The molecule has 0 saturated heterocycles. The summed E-state index contributed by atoms with van der Waals surface area (Å²) >= 11 is -7.15. The van der Waals surface area contributed by atoms with E-state index in [0.29, 0.717) is 0 Å². The van der Waals surface area contributed by atoms with Crippen molar-refractivity contribution in [3.8, 4) is 0 Å². The zero-order chi connectivity index (χ0) is 9.50. The summed E-state index contributed by atoms with van der Waals surface area (Å²) < 4.78 is 82.6. The molecule has 3 nitrogen and oxygen atoms in total. The van der Waals surface area contributed by atoms with Crippen molar-refractivity contribution < 1.29 is 33.8 Å². The summed E-state index contributed by atoms with van der Waals surface area (Å²) in [7, 11) is 0. The predicted octanol–water partition coefficient (Wildman–Crippen LogP) is 0.515. The van der Waals surface area contributed by atoms with Gasteiger partial charge < -0.3 is 0 Å². The number of alkyl halides is 5. The second-order valence-corrected chi connectivity index (χ2v) is 4.56. The normalized spacial score (nSPS) is 15.1. The van der Waals surface area contributed by atoms with E-state index in [9.17, 15) is 29.6 Å². The number of hydrogen-bond donors (Lipinski definition) is 1. The van der Waals surface area contributed by atoms with E-state index < -0.39 is 24.0 Å². The summed E-state index contributed by atoms with van der Waals surface area (Å²) in [5.74, 6) is 0. The van der Waals surface area contributed by atoms with Gasteiger partial charge in [-0.1, -0.05) is 0 Å². The van der Waals surface area contributed by atoms with Crippen molar-refractivity contribution >= 4 is 13.0 Å². The third-order valence-electron chi connectivity index (χ3n) is 0.654. The molecule has 0 bridgehead atoms. The van der Waals surface area contributed by atoms with Crippen molar-refractivity contribution in [3.63, 3.8) is 0 Å². The molecule has 9 heteroatoms. The van der Waals surface area contributed by atoms with Gasteiger partial charge in [0.05, 0.1) is 0 Å². The molecule has 0 radical (unpaired) electrons.